The van der Waals surface area contributed by atoms with Crippen molar-refractivity contribution in [3.63, 3.8) is 0 Å². The molecule has 1 aliphatic rings. The molecular formula is C35H36N4O. The fraction of sp³-hybridized carbons (Fsp3) is 0.257. The number of rotatable bonds is 7. The largest absolute Gasteiger partial charge is 0.326 e. The maximum absolute atomic E-state index is 14.1. The van der Waals surface area contributed by atoms with Gasteiger partial charge in [-0.15, -0.1) is 0 Å². The molecule has 3 aromatic carbocycles. The van der Waals surface area contributed by atoms with Crippen LogP contribution in [0.2, 0.25) is 0 Å². The first kappa shape index (κ1) is 26.2. The summed E-state index contributed by atoms with van der Waals surface area (Å²) in [4.78, 5) is 20.8. The lowest BCUT2D eigenvalue weighted by molar-refractivity contribution is 0.198. The molecule has 2 N–H and O–H groups in total. The van der Waals surface area contributed by atoms with Crippen LogP contribution in [-0.4, -0.2) is 40.1 Å². The minimum atomic E-state index is 0.0481. The van der Waals surface area contributed by atoms with Gasteiger partial charge in [-0.3, -0.25) is 9.78 Å². The third kappa shape index (κ3) is 5.48. The summed E-state index contributed by atoms with van der Waals surface area (Å²) in [5.41, 5.74) is 12.6. The highest BCUT2D eigenvalue weighted by Gasteiger charge is 2.26. The molecule has 5 heteroatoms. The van der Waals surface area contributed by atoms with Crippen LogP contribution in [0.3, 0.4) is 0 Å². The average Bonchev–Trinajstić information content (AvgIpc) is 2.99. The number of benzene rings is 3. The lowest BCUT2D eigenvalue weighted by Gasteiger charge is -2.34. The number of fused-ring (bicyclic) bond motifs is 1. The van der Waals surface area contributed by atoms with E-state index in [4.69, 9.17) is 5.73 Å². The molecule has 0 aliphatic carbocycles. The van der Waals surface area contributed by atoms with Crippen molar-refractivity contribution in [2.75, 3.05) is 19.6 Å². The minimum Gasteiger partial charge on any atom is -0.326 e. The second-order valence-electron chi connectivity index (χ2n) is 11.0. The molecule has 1 fully saturated rings. The Labute approximate surface area is 235 Å². The van der Waals surface area contributed by atoms with Gasteiger partial charge in [-0.1, -0.05) is 66.7 Å². The predicted octanol–water partition coefficient (Wildman–Crippen LogP) is 6.02. The van der Waals surface area contributed by atoms with E-state index in [2.05, 4.69) is 70.5 Å². The van der Waals surface area contributed by atoms with Gasteiger partial charge in [-0.05, 0) is 89.6 Å². The SMILES string of the molecule is Cn1c(C2CCN(C[C@@H](N)Cc3ccccc3)CC2)cc(-c2ccncc2)c(-c2ccc3ccccc3c2)c1=O. The molecule has 1 saturated heterocycles. The lowest BCUT2D eigenvalue weighted by atomic mass is 9.88. The van der Waals surface area contributed by atoms with Crippen LogP contribution in [0.15, 0.2) is 108 Å². The van der Waals surface area contributed by atoms with Gasteiger partial charge in [0.25, 0.3) is 5.56 Å². The van der Waals surface area contributed by atoms with E-state index in [-0.39, 0.29) is 11.6 Å². The Morgan fingerprint density at radius 1 is 0.850 bits per heavy atom. The molecule has 0 radical (unpaired) electrons. The van der Waals surface area contributed by atoms with Gasteiger partial charge in [-0.25, -0.2) is 0 Å². The number of hydrogen-bond donors (Lipinski definition) is 1. The average molecular weight is 529 g/mol. The molecule has 0 unspecified atom stereocenters. The van der Waals surface area contributed by atoms with Crippen LogP contribution in [0.5, 0.6) is 0 Å². The number of likely N-dealkylation sites (tertiary alicyclic amines) is 1. The summed E-state index contributed by atoms with van der Waals surface area (Å²) in [6, 6.07) is 31.4. The standard InChI is InChI=1S/C35H36N4O/c1-38-33(28-15-19-39(20-16-28)24-31(36)21-25-7-3-2-4-8-25)23-32(27-13-17-37-18-14-27)34(35(38)40)30-12-11-26-9-5-6-10-29(26)22-30/h2-14,17-18,22-23,28,31H,15-16,19-21,24,36H2,1H3/t31-/m0/s1. The summed E-state index contributed by atoms with van der Waals surface area (Å²) in [6.07, 6.45) is 6.51. The van der Waals surface area contributed by atoms with E-state index in [1.807, 2.05) is 41.9 Å². The lowest BCUT2D eigenvalue weighted by Crippen LogP contribution is -2.43. The number of nitrogens with two attached hydrogens (primary N) is 1. The second-order valence-corrected chi connectivity index (χ2v) is 11.0. The maximum atomic E-state index is 14.1. The molecule has 1 aliphatic heterocycles. The number of aromatic nitrogens is 2. The maximum Gasteiger partial charge on any atom is 0.259 e. The number of pyridine rings is 2. The van der Waals surface area contributed by atoms with Gasteiger partial charge >= 0.3 is 0 Å². The molecule has 202 valence electrons. The first-order valence-electron chi connectivity index (χ1n) is 14.2. The fourth-order valence-electron chi connectivity index (χ4n) is 6.22. The Bertz CT molecular complexity index is 1650. The number of hydrogen-bond acceptors (Lipinski definition) is 4. The van der Waals surface area contributed by atoms with Crippen LogP contribution in [0.4, 0.5) is 0 Å². The van der Waals surface area contributed by atoms with Crippen LogP contribution >= 0.6 is 0 Å². The quantitative estimate of drug-likeness (QED) is 0.281. The van der Waals surface area contributed by atoms with Crippen molar-refractivity contribution in [1.82, 2.24) is 14.5 Å². The molecule has 0 saturated carbocycles. The van der Waals surface area contributed by atoms with Gasteiger partial charge < -0.3 is 15.2 Å². The summed E-state index contributed by atoms with van der Waals surface area (Å²) in [5.74, 6) is 0.325. The first-order valence-corrected chi connectivity index (χ1v) is 14.2. The third-order valence-electron chi connectivity index (χ3n) is 8.34. The van der Waals surface area contributed by atoms with Crippen LogP contribution < -0.4 is 11.3 Å². The van der Waals surface area contributed by atoms with Crippen molar-refractivity contribution < 1.29 is 0 Å². The van der Waals surface area contributed by atoms with E-state index in [0.717, 1.165) is 72.2 Å². The number of nitrogens with zero attached hydrogens (tertiary/aromatic N) is 3. The summed E-state index contributed by atoms with van der Waals surface area (Å²) in [7, 11) is 1.93. The van der Waals surface area contributed by atoms with E-state index in [1.54, 1.807) is 12.4 Å². The predicted molar refractivity (Wildman–Crippen MR) is 164 cm³/mol. The molecule has 40 heavy (non-hydrogen) atoms. The zero-order valence-corrected chi connectivity index (χ0v) is 23.0. The van der Waals surface area contributed by atoms with E-state index in [9.17, 15) is 4.79 Å². The third-order valence-corrected chi connectivity index (χ3v) is 8.34. The second kappa shape index (κ2) is 11.6. The van der Waals surface area contributed by atoms with Crippen molar-refractivity contribution in [2.24, 2.45) is 12.8 Å². The topological polar surface area (TPSA) is 64.2 Å². The van der Waals surface area contributed by atoms with E-state index in [1.165, 1.54) is 10.9 Å². The summed E-state index contributed by atoms with van der Waals surface area (Å²) < 4.78 is 1.89. The smallest absolute Gasteiger partial charge is 0.259 e. The van der Waals surface area contributed by atoms with Gasteiger partial charge in [0.05, 0.1) is 5.56 Å². The molecule has 6 rings (SSSR count). The molecule has 3 heterocycles. The van der Waals surface area contributed by atoms with Crippen LogP contribution in [-0.2, 0) is 13.5 Å². The van der Waals surface area contributed by atoms with Gasteiger partial charge in [0, 0.05) is 43.6 Å². The van der Waals surface area contributed by atoms with Crippen molar-refractivity contribution in [2.45, 2.75) is 31.2 Å². The molecule has 0 spiro atoms. The summed E-state index contributed by atoms with van der Waals surface area (Å²) in [6.45, 7) is 2.86. The van der Waals surface area contributed by atoms with Gasteiger partial charge in [0.1, 0.15) is 0 Å². The van der Waals surface area contributed by atoms with E-state index >= 15 is 0 Å². The summed E-state index contributed by atoms with van der Waals surface area (Å²) in [5, 5.41) is 2.30. The van der Waals surface area contributed by atoms with E-state index in [0.29, 0.717) is 5.92 Å². The Morgan fingerprint density at radius 2 is 1.55 bits per heavy atom. The normalized spacial score (nSPS) is 15.3. The fourth-order valence-corrected chi connectivity index (χ4v) is 6.22. The zero-order valence-electron chi connectivity index (χ0n) is 23.0. The van der Waals surface area contributed by atoms with Crippen molar-refractivity contribution in [3.8, 4) is 22.3 Å². The minimum absolute atomic E-state index is 0.0481. The molecular weight excluding hydrogens is 492 g/mol. The molecule has 2 aromatic heterocycles. The highest BCUT2D eigenvalue weighted by Crippen LogP contribution is 2.35. The Kier molecular flexibility index (Phi) is 7.58. The Balaban J connectivity index is 1.28. The highest BCUT2D eigenvalue weighted by atomic mass is 16.1. The van der Waals surface area contributed by atoms with Crippen LogP contribution in [0, 0.1) is 0 Å². The van der Waals surface area contributed by atoms with Crippen molar-refractivity contribution in [1.29, 1.82) is 0 Å². The number of piperidine rings is 1. The molecule has 0 bridgehead atoms. The molecule has 5 nitrogen and oxygen atoms in total. The highest BCUT2D eigenvalue weighted by molar-refractivity contribution is 5.91. The van der Waals surface area contributed by atoms with Crippen molar-refractivity contribution in [3.05, 3.63) is 125 Å². The summed E-state index contributed by atoms with van der Waals surface area (Å²) >= 11 is 0. The molecule has 5 aromatic rings. The van der Waals surface area contributed by atoms with Gasteiger partial charge in [0.15, 0.2) is 0 Å². The molecule has 0 amide bonds. The zero-order chi connectivity index (χ0) is 27.5. The molecule has 1 atom stereocenters. The van der Waals surface area contributed by atoms with Gasteiger partial charge in [0.2, 0.25) is 0 Å². The van der Waals surface area contributed by atoms with Crippen LogP contribution in [0.25, 0.3) is 33.0 Å². The van der Waals surface area contributed by atoms with E-state index < -0.39 is 0 Å². The Morgan fingerprint density at radius 3 is 2.30 bits per heavy atom. The Hall–Kier alpha value is -4.06. The monoisotopic (exact) mass is 528 g/mol. The van der Waals surface area contributed by atoms with Gasteiger partial charge in [-0.2, -0.15) is 0 Å². The van der Waals surface area contributed by atoms with Crippen molar-refractivity contribution >= 4 is 10.8 Å². The van der Waals surface area contributed by atoms with Crippen LogP contribution in [0.1, 0.15) is 30.0 Å². The first-order chi connectivity index (χ1) is 19.6.